The monoisotopic (exact) mass is 200 g/mol. The number of amides is 1. The van der Waals surface area contributed by atoms with Gasteiger partial charge in [0.15, 0.2) is 0 Å². The van der Waals surface area contributed by atoms with Crippen molar-refractivity contribution in [3.63, 3.8) is 0 Å². The van der Waals surface area contributed by atoms with Crippen molar-refractivity contribution in [1.29, 1.82) is 0 Å². The molecule has 4 nitrogen and oxygen atoms in total. The lowest BCUT2D eigenvalue weighted by molar-refractivity contribution is -0.124. The van der Waals surface area contributed by atoms with Crippen molar-refractivity contribution in [3.05, 3.63) is 0 Å². The molecule has 1 amide bonds. The predicted octanol–water partition coefficient (Wildman–Crippen LogP) is 0.409. The van der Waals surface area contributed by atoms with E-state index in [1.807, 2.05) is 0 Å². The molecule has 0 saturated heterocycles. The molecule has 1 unspecified atom stereocenters. The molecule has 0 spiro atoms. The maximum Gasteiger partial charge on any atom is 0.239 e. The molecule has 1 rings (SSSR count). The maximum atomic E-state index is 11.5. The first-order chi connectivity index (χ1) is 6.74. The van der Waals surface area contributed by atoms with Gasteiger partial charge < -0.3 is 15.8 Å². The average Bonchev–Trinajstić information content (AvgIpc) is 2.19. The van der Waals surface area contributed by atoms with Crippen LogP contribution in [0.3, 0.4) is 0 Å². The van der Waals surface area contributed by atoms with Crippen molar-refractivity contribution in [2.75, 3.05) is 13.7 Å². The molecule has 0 bridgehead atoms. The van der Waals surface area contributed by atoms with E-state index in [9.17, 15) is 4.79 Å². The number of methoxy groups -OCH3 is 1. The fourth-order valence-corrected chi connectivity index (χ4v) is 1.81. The van der Waals surface area contributed by atoms with Gasteiger partial charge in [-0.05, 0) is 12.8 Å². The van der Waals surface area contributed by atoms with Crippen molar-refractivity contribution in [1.82, 2.24) is 5.32 Å². The molecule has 1 aliphatic carbocycles. The lowest BCUT2D eigenvalue weighted by Gasteiger charge is -2.24. The summed E-state index contributed by atoms with van der Waals surface area (Å²) in [4.78, 5) is 11.5. The molecule has 0 heterocycles. The standard InChI is InChI=1S/C10H20N2O2/c1-14-7-9(11)10(13)12-8-5-3-2-4-6-8/h8-9H,2-7,11H2,1H3,(H,12,13). The summed E-state index contributed by atoms with van der Waals surface area (Å²) in [6.07, 6.45) is 5.89. The van der Waals surface area contributed by atoms with Crippen LogP contribution in [-0.2, 0) is 9.53 Å². The molecular weight excluding hydrogens is 180 g/mol. The highest BCUT2D eigenvalue weighted by Crippen LogP contribution is 2.17. The molecule has 82 valence electrons. The second-order valence-electron chi connectivity index (χ2n) is 3.91. The van der Waals surface area contributed by atoms with Gasteiger partial charge in [-0.3, -0.25) is 4.79 Å². The van der Waals surface area contributed by atoms with Crippen LogP contribution in [0.5, 0.6) is 0 Å². The van der Waals surface area contributed by atoms with Gasteiger partial charge >= 0.3 is 0 Å². The molecule has 1 atom stereocenters. The van der Waals surface area contributed by atoms with Crippen LogP contribution in [0.2, 0.25) is 0 Å². The Morgan fingerprint density at radius 3 is 2.71 bits per heavy atom. The average molecular weight is 200 g/mol. The smallest absolute Gasteiger partial charge is 0.239 e. The quantitative estimate of drug-likeness (QED) is 0.691. The van der Waals surface area contributed by atoms with Gasteiger partial charge in [0.2, 0.25) is 5.91 Å². The van der Waals surface area contributed by atoms with Crippen LogP contribution in [0.25, 0.3) is 0 Å². The van der Waals surface area contributed by atoms with E-state index >= 15 is 0 Å². The summed E-state index contributed by atoms with van der Waals surface area (Å²) in [6, 6.07) is -0.193. The topological polar surface area (TPSA) is 64.3 Å². The summed E-state index contributed by atoms with van der Waals surface area (Å²) in [5.41, 5.74) is 5.61. The number of carbonyl (C=O) groups is 1. The van der Waals surface area contributed by atoms with Crippen LogP contribution >= 0.6 is 0 Å². The Balaban J connectivity index is 2.24. The van der Waals surface area contributed by atoms with Gasteiger partial charge in [-0.15, -0.1) is 0 Å². The van der Waals surface area contributed by atoms with Gasteiger partial charge in [0.25, 0.3) is 0 Å². The normalized spacial score (nSPS) is 20.4. The number of hydrogen-bond acceptors (Lipinski definition) is 3. The summed E-state index contributed by atoms with van der Waals surface area (Å²) in [5.74, 6) is -0.0845. The third kappa shape index (κ3) is 3.64. The van der Waals surface area contributed by atoms with Crippen LogP contribution in [0, 0.1) is 0 Å². The predicted molar refractivity (Wildman–Crippen MR) is 54.9 cm³/mol. The Kier molecular flexibility index (Phi) is 4.90. The molecule has 0 aromatic carbocycles. The minimum Gasteiger partial charge on any atom is -0.383 e. The molecule has 0 aromatic heterocycles. The van der Waals surface area contributed by atoms with E-state index in [1.54, 1.807) is 7.11 Å². The molecule has 0 aliphatic heterocycles. The molecule has 4 heteroatoms. The van der Waals surface area contributed by atoms with Gasteiger partial charge in [-0.1, -0.05) is 19.3 Å². The highest BCUT2D eigenvalue weighted by Gasteiger charge is 2.19. The van der Waals surface area contributed by atoms with Crippen molar-refractivity contribution in [2.24, 2.45) is 5.73 Å². The zero-order valence-corrected chi connectivity index (χ0v) is 8.79. The highest BCUT2D eigenvalue weighted by atomic mass is 16.5. The second-order valence-corrected chi connectivity index (χ2v) is 3.91. The van der Waals surface area contributed by atoms with Crippen LogP contribution in [0.15, 0.2) is 0 Å². The molecule has 0 aromatic rings. The van der Waals surface area contributed by atoms with Gasteiger partial charge in [-0.25, -0.2) is 0 Å². The van der Waals surface area contributed by atoms with Crippen molar-refractivity contribution in [3.8, 4) is 0 Å². The third-order valence-corrected chi connectivity index (χ3v) is 2.63. The lowest BCUT2D eigenvalue weighted by Crippen LogP contribution is -2.47. The van der Waals surface area contributed by atoms with Crippen LogP contribution in [0.4, 0.5) is 0 Å². The van der Waals surface area contributed by atoms with E-state index < -0.39 is 6.04 Å². The summed E-state index contributed by atoms with van der Waals surface area (Å²) in [5, 5.41) is 2.96. The Bertz CT molecular complexity index is 179. The van der Waals surface area contributed by atoms with E-state index in [0.717, 1.165) is 12.8 Å². The van der Waals surface area contributed by atoms with Gasteiger partial charge in [0.05, 0.1) is 6.61 Å². The largest absolute Gasteiger partial charge is 0.383 e. The summed E-state index contributed by atoms with van der Waals surface area (Å²) >= 11 is 0. The zero-order chi connectivity index (χ0) is 10.4. The van der Waals surface area contributed by atoms with Crippen LogP contribution < -0.4 is 11.1 Å². The van der Waals surface area contributed by atoms with Gasteiger partial charge in [-0.2, -0.15) is 0 Å². The zero-order valence-electron chi connectivity index (χ0n) is 8.79. The van der Waals surface area contributed by atoms with Crippen LogP contribution in [-0.4, -0.2) is 31.7 Å². The Labute approximate surface area is 85.2 Å². The summed E-state index contributed by atoms with van der Waals surface area (Å²) in [7, 11) is 1.55. The van der Waals surface area contributed by atoms with Gasteiger partial charge in [0.1, 0.15) is 6.04 Å². The number of hydrogen-bond donors (Lipinski definition) is 2. The Hall–Kier alpha value is -0.610. The Morgan fingerprint density at radius 1 is 1.50 bits per heavy atom. The van der Waals surface area contributed by atoms with E-state index in [0.29, 0.717) is 12.6 Å². The number of carbonyl (C=O) groups excluding carboxylic acids is 1. The van der Waals surface area contributed by atoms with Crippen LogP contribution in [0.1, 0.15) is 32.1 Å². The molecule has 3 N–H and O–H groups in total. The van der Waals surface area contributed by atoms with E-state index in [1.165, 1.54) is 19.3 Å². The molecule has 14 heavy (non-hydrogen) atoms. The highest BCUT2D eigenvalue weighted by molar-refractivity contribution is 5.81. The molecule has 1 fully saturated rings. The van der Waals surface area contributed by atoms with E-state index in [2.05, 4.69) is 5.32 Å². The fourth-order valence-electron chi connectivity index (χ4n) is 1.81. The Morgan fingerprint density at radius 2 is 2.14 bits per heavy atom. The van der Waals surface area contributed by atoms with Crippen molar-refractivity contribution >= 4 is 5.91 Å². The number of rotatable bonds is 4. The molecule has 1 aliphatic rings. The van der Waals surface area contributed by atoms with Gasteiger partial charge in [0, 0.05) is 13.2 Å². The number of ether oxygens (including phenoxy) is 1. The first-order valence-corrected chi connectivity index (χ1v) is 5.29. The SMILES string of the molecule is COCC(N)C(=O)NC1CCCCC1. The number of nitrogens with one attached hydrogen (secondary N) is 1. The minimum absolute atomic E-state index is 0.0845. The first-order valence-electron chi connectivity index (χ1n) is 5.29. The maximum absolute atomic E-state index is 11.5. The third-order valence-electron chi connectivity index (χ3n) is 2.63. The summed E-state index contributed by atoms with van der Waals surface area (Å²) < 4.78 is 4.83. The lowest BCUT2D eigenvalue weighted by atomic mass is 9.95. The fraction of sp³-hybridized carbons (Fsp3) is 0.900. The van der Waals surface area contributed by atoms with E-state index in [-0.39, 0.29) is 5.91 Å². The second kappa shape index (κ2) is 5.98. The molecule has 1 saturated carbocycles. The first kappa shape index (κ1) is 11.5. The molecule has 0 radical (unpaired) electrons. The van der Waals surface area contributed by atoms with Crippen molar-refractivity contribution in [2.45, 2.75) is 44.2 Å². The summed E-state index contributed by atoms with van der Waals surface area (Å²) in [6.45, 7) is 0.290. The van der Waals surface area contributed by atoms with E-state index in [4.69, 9.17) is 10.5 Å². The molecular formula is C10H20N2O2. The number of nitrogens with two attached hydrogens (primary N) is 1. The van der Waals surface area contributed by atoms with Crippen molar-refractivity contribution < 1.29 is 9.53 Å². The minimum atomic E-state index is -0.526.